The van der Waals surface area contributed by atoms with Crippen LogP contribution in [0.4, 0.5) is 11.5 Å². The predicted octanol–water partition coefficient (Wildman–Crippen LogP) is 2.55. The lowest BCUT2D eigenvalue weighted by Crippen LogP contribution is -2.45. The van der Waals surface area contributed by atoms with Gasteiger partial charge in [0.15, 0.2) is 0 Å². The van der Waals surface area contributed by atoms with Gasteiger partial charge in [0.25, 0.3) is 0 Å². The first kappa shape index (κ1) is 20.7. The van der Waals surface area contributed by atoms with Crippen molar-refractivity contribution in [2.75, 3.05) is 30.8 Å². The van der Waals surface area contributed by atoms with E-state index in [1.54, 1.807) is 25.6 Å². The maximum absolute atomic E-state index is 8.76. The second kappa shape index (κ2) is 8.65. The molecule has 0 spiro atoms. The van der Waals surface area contributed by atoms with Gasteiger partial charge in [0, 0.05) is 36.0 Å². The number of nitrogens with one attached hydrogen (secondary N) is 1. The minimum atomic E-state index is 0.111. The van der Waals surface area contributed by atoms with Crippen molar-refractivity contribution in [1.82, 2.24) is 19.9 Å². The van der Waals surface area contributed by atoms with Crippen LogP contribution >= 0.6 is 0 Å². The molecular weight excluding hydrogens is 394 g/mol. The zero-order valence-corrected chi connectivity index (χ0v) is 17.7. The van der Waals surface area contributed by atoms with E-state index in [0.29, 0.717) is 28.5 Å². The molecule has 31 heavy (non-hydrogen) atoms. The molecule has 3 heterocycles. The van der Waals surface area contributed by atoms with Crippen molar-refractivity contribution >= 4 is 17.2 Å². The topological polar surface area (TPSA) is 123 Å². The number of methoxy groups -OCH3 is 1. The molecule has 3 N–H and O–H groups in total. The van der Waals surface area contributed by atoms with Crippen LogP contribution in [0, 0.1) is 5.41 Å². The van der Waals surface area contributed by atoms with Crippen LogP contribution in [0.2, 0.25) is 0 Å². The van der Waals surface area contributed by atoms with E-state index in [-0.39, 0.29) is 17.9 Å². The highest BCUT2D eigenvalue weighted by Crippen LogP contribution is 2.25. The molecule has 1 saturated heterocycles. The van der Waals surface area contributed by atoms with Crippen molar-refractivity contribution in [3.8, 4) is 17.1 Å². The number of hydrogen-bond acceptors (Lipinski definition) is 9. The molecule has 1 fully saturated rings. The molecule has 0 amide bonds. The maximum atomic E-state index is 8.76. The minimum absolute atomic E-state index is 0.111. The molecule has 0 bridgehead atoms. The van der Waals surface area contributed by atoms with Gasteiger partial charge < -0.3 is 20.1 Å². The number of benzene rings is 1. The molecule has 160 valence electrons. The number of aromatic nitrogens is 4. The Morgan fingerprint density at radius 2 is 1.87 bits per heavy atom. The van der Waals surface area contributed by atoms with E-state index in [1.807, 2.05) is 32.0 Å². The van der Waals surface area contributed by atoms with Gasteiger partial charge in [0.1, 0.15) is 12.1 Å². The van der Waals surface area contributed by atoms with Gasteiger partial charge in [0.05, 0.1) is 48.8 Å². The average molecular weight is 419 g/mol. The molecule has 0 aliphatic carbocycles. The third-order valence-electron chi connectivity index (χ3n) is 5.11. The second-order valence-electron chi connectivity index (χ2n) is 7.54. The molecule has 3 aromatic rings. The zero-order chi connectivity index (χ0) is 22.0. The molecule has 1 aliphatic rings. The highest BCUT2D eigenvalue weighted by atomic mass is 16.5. The first-order valence-electron chi connectivity index (χ1n) is 10.0. The van der Waals surface area contributed by atoms with E-state index in [0.717, 1.165) is 24.5 Å². The van der Waals surface area contributed by atoms with Crippen LogP contribution in [0.1, 0.15) is 25.1 Å². The van der Waals surface area contributed by atoms with Gasteiger partial charge in [-0.25, -0.2) is 19.9 Å². The van der Waals surface area contributed by atoms with Gasteiger partial charge in [-0.1, -0.05) is 6.07 Å². The molecule has 0 unspecified atom stereocenters. The monoisotopic (exact) mass is 419 g/mol. The molecule has 0 radical (unpaired) electrons. The van der Waals surface area contributed by atoms with E-state index < -0.39 is 0 Å². The first-order valence-corrected chi connectivity index (χ1v) is 10.0. The van der Waals surface area contributed by atoms with E-state index >= 15 is 0 Å². The lowest BCUT2D eigenvalue weighted by atomic mass is 10.0. The summed E-state index contributed by atoms with van der Waals surface area (Å²) in [5.74, 6) is 1.21. The van der Waals surface area contributed by atoms with Gasteiger partial charge >= 0.3 is 0 Å². The summed E-state index contributed by atoms with van der Waals surface area (Å²) in [6, 6.07) is 7.27. The van der Waals surface area contributed by atoms with E-state index in [9.17, 15) is 0 Å². The number of anilines is 2. The summed E-state index contributed by atoms with van der Waals surface area (Å²) in [6.07, 6.45) is 4.89. The van der Waals surface area contributed by atoms with E-state index in [4.69, 9.17) is 20.6 Å². The SMILES string of the molecule is COc1cnc(-c2ccc(N)c(C(=N)c3cc(N4C[C@@H](C)O[C@@H](C)C4)ncn3)c2)cn1. The largest absolute Gasteiger partial charge is 0.480 e. The normalized spacial score (nSPS) is 18.6. The number of nitrogens with zero attached hydrogens (tertiary/aromatic N) is 5. The van der Waals surface area contributed by atoms with Crippen LogP contribution in [0.15, 0.2) is 43.0 Å². The summed E-state index contributed by atoms with van der Waals surface area (Å²) in [4.78, 5) is 19.5. The highest BCUT2D eigenvalue weighted by Gasteiger charge is 2.24. The number of nitrogens with two attached hydrogens (primary N) is 1. The Labute approximate surface area is 180 Å². The molecule has 1 aromatic carbocycles. The average Bonchev–Trinajstić information content (AvgIpc) is 2.78. The second-order valence-corrected chi connectivity index (χ2v) is 7.54. The third-order valence-corrected chi connectivity index (χ3v) is 5.11. The Morgan fingerprint density at radius 1 is 1.10 bits per heavy atom. The van der Waals surface area contributed by atoms with Gasteiger partial charge in [-0.05, 0) is 26.0 Å². The summed E-state index contributed by atoms with van der Waals surface area (Å²) >= 11 is 0. The standard InChI is InChI=1S/C22H25N7O2/c1-13-10-29(11-14(2)31-13)20-7-18(27-12-28-20)22(24)16-6-15(4-5-17(16)23)19-8-26-21(30-3)9-25-19/h4-9,12-14,24H,10-11,23H2,1-3H3/t13-,14+. The third kappa shape index (κ3) is 4.46. The smallest absolute Gasteiger partial charge is 0.232 e. The number of morpholine rings is 1. The molecule has 1 aliphatic heterocycles. The summed E-state index contributed by atoms with van der Waals surface area (Å²) in [7, 11) is 1.54. The lowest BCUT2D eigenvalue weighted by molar-refractivity contribution is -0.00546. The fraction of sp³-hybridized carbons (Fsp3) is 0.318. The summed E-state index contributed by atoms with van der Waals surface area (Å²) in [5, 5.41) is 8.76. The maximum Gasteiger partial charge on any atom is 0.232 e. The van der Waals surface area contributed by atoms with Gasteiger partial charge in [-0.3, -0.25) is 5.41 Å². The van der Waals surface area contributed by atoms with Crippen molar-refractivity contribution in [3.05, 3.63) is 54.2 Å². The summed E-state index contributed by atoms with van der Waals surface area (Å²) < 4.78 is 10.9. The summed E-state index contributed by atoms with van der Waals surface area (Å²) in [6.45, 7) is 5.56. The van der Waals surface area contributed by atoms with Crippen molar-refractivity contribution in [2.45, 2.75) is 26.1 Å². The Balaban J connectivity index is 1.63. The fourth-order valence-corrected chi connectivity index (χ4v) is 3.66. The van der Waals surface area contributed by atoms with E-state index in [1.165, 1.54) is 6.33 Å². The molecule has 4 rings (SSSR count). The van der Waals surface area contributed by atoms with Crippen molar-refractivity contribution in [3.63, 3.8) is 0 Å². The van der Waals surface area contributed by atoms with Crippen LogP contribution in [0.5, 0.6) is 5.88 Å². The first-order chi connectivity index (χ1) is 14.9. The van der Waals surface area contributed by atoms with Crippen molar-refractivity contribution < 1.29 is 9.47 Å². The molecular formula is C22H25N7O2. The molecule has 0 saturated carbocycles. The van der Waals surface area contributed by atoms with Crippen molar-refractivity contribution in [1.29, 1.82) is 5.41 Å². The highest BCUT2D eigenvalue weighted by molar-refractivity contribution is 6.13. The summed E-state index contributed by atoms with van der Waals surface area (Å²) in [5.41, 5.74) is 9.45. The number of rotatable bonds is 5. The van der Waals surface area contributed by atoms with Crippen LogP contribution in [-0.2, 0) is 4.74 Å². The Kier molecular flexibility index (Phi) is 5.77. The number of hydrogen-bond donors (Lipinski definition) is 2. The quantitative estimate of drug-likeness (QED) is 0.478. The molecule has 9 heteroatoms. The van der Waals surface area contributed by atoms with Gasteiger partial charge in [0.2, 0.25) is 5.88 Å². The van der Waals surface area contributed by atoms with Crippen LogP contribution in [0.25, 0.3) is 11.3 Å². The zero-order valence-electron chi connectivity index (χ0n) is 17.7. The van der Waals surface area contributed by atoms with Crippen LogP contribution < -0.4 is 15.4 Å². The van der Waals surface area contributed by atoms with Gasteiger partial charge in [-0.15, -0.1) is 0 Å². The van der Waals surface area contributed by atoms with Crippen LogP contribution in [-0.4, -0.2) is 58.1 Å². The minimum Gasteiger partial charge on any atom is -0.480 e. The predicted molar refractivity (Wildman–Crippen MR) is 119 cm³/mol. The van der Waals surface area contributed by atoms with Crippen LogP contribution in [0.3, 0.4) is 0 Å². The molecule has 2 atom stereocenters. The van der Waals surface area contributed by atoms with Gasteiger partial charge in [-0.2, -0.15) is 0 Å². The number of nitrogen functional groups attached to an aromatic ring is 1. The fourth-order valence-electron chi connectivity index (χ4n) is 3.66. The molecule has 2 aromatic heterocycles. The van der Waals surface area contributed by atoms with E-state index in [2.05, 4.69) is 24.8 Å². The Morgan fingerprint density at radius 3 is 2.55 bits per heavy atom. The molecule has 9 nitrogen and oxygen atoms in total. The Bertz CT molecular complexity index is 1080. The lowest BCUT2D eigenvalue weighted by Gasteiger charge is -2.36. The number of ether oxygens (including phenoxy) is 2. The van der Waals surface area contributed by atoms with Crippen molar-refractivity contribution in [2.24, 2.45) is 0 Å². The Hall–Kier alpha value is -3.59.